The van der Waals surface area contributed by atoms with E-state index in [0.29, 0.717) is 31.4 Å². The smallest absolute Gasteiger partial charge is 0.240 e. The van der Waals surface area contributed by atoms with Crippen LogP contribution in [0.3, 0.4) is 0 Å². The molecule has 1 aliphatic rings. The first-order valence-electron chi connectivity index (χ1n) is 9.27. The summed E-state index contributed by atoms with van der Waals surface area (Å²) < 4.78 is 28.1. The van der Waals surface area contributed by atoms with Gasteiger partial charge in [-0.15, -0.1) is 0 Å². The number of hydrogen-bond acceptors (Lipinski definition) is 5. The molecule has 0 radical (unpaired) electrons. The number of rotatable bonds is 5. The lowest BCUT2D eigenvalue weighted by atomic mass is 9.81. The van der Waals surface area contributed by atoms with Crippen molar-refractivity contribution in [1.82, 2.24) is 4.72 Å². The van der Waals surface area contributed by atoms with E-state index in [0.717, 1.165) is 5.56 Å². The molecule has 1 fully saturated rings. The molecule has 29 heavy (non-hydrogen) atoms. The van der Waals surface area contributed by atoms with Crippen molar-refractivity contribution in [2.24, 2.45) is 0 Å². The van der Waals surface area contributed by atoms with E-state index in [-0.39, 0.29) is 39.3 Å². The van der Waals surface area contributed by atoms with Gasteiger partial charge in [-0.25, -0.2) is 13.1 Å². The van der Waals surface area contributed by atoms with Gasteiger partial charge in [-0.1, -0.05) is 17.7 Å². The Kier molecular flexibility index (Phi) is 6.36. The van der Waals surface area contributed by atoms with Crippen molar-refractivity contribution < 1.29 is 23.4 Å². The molecule has 0 saturated heterocycles. The van der Waals surface area contributed by atoms with Crippen LogP contribution < -0.4 is 10.0 Å². The van der Waals surface area contributed by atoms with Crippen molar-refractivity contribution in [2.75, 3.05) is 5.32 Å². The van der Waals surface area contributed by atoms with Gasteiger partial charge in [-0.05, 0) is 61.4 Å². The van der Waals surface area contributed by atoms with Crippen LogP contribution in [-0.4, -0.2) is 30.6 Å². The monoisotopic (exact) mass is 438 g/mol. The van der Waals surface area contributed by atoms with Gasteiger partial charge < -0.3 is 15.5 Å². The van der Waals surface area contributed by atoms with Crippen LogP contribution in [0.5, 0.6) is 11.5 Å². The van der Waals surface area contributed by atoms with Gasteiger partial charge in [0.2, 0.25) is 15.9 Å². The minimum Gasteiger partial charge on any atom is -0.508 e. The molecule has 2 aromatic carbocycles. The predicted octanol–water partition coefficient (Wildman–Crippen LogP) is 3.71. The molecule has 1 saturated carbocycles. The predicted molar refractivity (Wildman–Crippen MR) is 111 cm³/mol. The number of phenols is 2. The molecule has 7 nitrogen and oxygen atoms in total. The highest BCUT2D eigenvalue weighted by Gasteiger charge is 2.28. The van der Waals surface area contributed by atoms with Crippen molar-refractivity contribution in [1.29, 1.82) is 0 Å². The Labute approximate surface area is 174 Å². The second-order valence-corrected chi connectivity index (χ2v) is 9.36. The fourth-order valence-corrected chi connectivity index (χ4v) is 5.26. The molecule has 4 N–H and O–H groups in total. The summed E-state index contributed by atoms with van der Waals surface area (Å²) >= 11 is 6.09. The molecule has 156 valence electrons. The largest absolute Gasteiger partial charge is 0.508 e. The molecule has 0 spiro atoms. The number of halogens is 1. The van der Waals surface area contributed by atoms with Crippen molar-refractivity contribution in [3.63, 3.8) is 0 Å². The van der Waals surface area contributed by atoms with Gasteiger partial charge in [0.1, 0.15) is 11.5 Å². The quantitative estimate of drug-likeness (QED) is 0.567. The Bertz CT molecular complexity index is 1020. The molecule has 9 heteroatoms. The summed E-state index contributed by atoms with van der Waals surface area (Å²) in [5.74, 6) is -0.112. The lowest BCUT2D eigenvalue weighted by molar-refractivity contribution is -0.114. The summed E-state index contributed by atoms with van der Waals surface area (Å²) in [6.07, 6.45) is 2.69. The number of benzene rings is 2. The van der Waals surface area contributed by atoms with Gasteiger partial charge in [0, 0.05) is 19.0 Å². The van der Waals surface area contributed by atoms with Crippen LogP contribution in [0.1, 0.15) is 44.1 Å². The SMILES string of the molecule is CC(=O)Nc1ccc(S(=O)(=O)N[C@H]2CC[C@@H](c3ccc(O)cc3O)CC2)cc1Cl. The fraction of sp³-hybridized carbons (Fsp3) is 0.350. The highest BCUT2D eigenvalue weighted by Crippen LogP contribution is 2.38. The van der Waals surface area contributed by atoms with E-state index in [1.807, 2.05) is 0 Å². The maximum absolute atomic E-state index is 12.7. The van der Waals surface area contributed by atoms with Crippen LogP contribution >= 0.6 is 11.6 Å². The summed E-state index contributed by atoms with van der Waals surface area (Å²) in [7, 11) is -3.75. The number of anilines is 1. The van der Waals surface area contributed by atoms with E-state index < -0.39 is 10.0 Å². The van der Waals surface area contributed by atoms with Crippen LogP contribution in [0.25, 0.3) is 0 Å². The van der Waals surface area contributed by atoms with Gasteiger partial charge in [0.05, 0.1) is 15.6 Å². The zero-order chi connectivity index (χ0) is 21.2. The van der Waals surface area contributed by atoms with Crippen LogP contribution in [0.4, 0.5) is 5.69 Å². The minimum absolute atomic E-state index is 0.0101. The second kappa shape index (κ2) is 8.61. The summed E-state index contributed by atoms with van der Waals surface area (Å²) in [6, 6.07) is 8.52. The molecule has 2 aromatic rings. The van der Waals surface area contributed by atoms with Gasteiger partial charge >= 0.3 is 0 Å². The van der Waals surface area contributed by atoms with Crippen LogP contribution in [0.15, 0.2) is 41.3 Å². The Morgan fingerprint density at radius 2 is 1.76 bits per heavy atom. The van der Waals surface area contributed by atoms with E-state index in [1.54, 1.807) is 6.07 Å². The standard InChI is InChI=1S/C20H23ClN2O5S/c1-12(24)22-19-9-7-16(11-18(19)21)29(27,28)23-14-4-2-13(3-5-14)17-8-6-15(25)10-20(17)26/h6-11,13-14,23,25-26H,2-5H2,1H3,(H,22,24)/t13-,14+. The lowest BCUT2D eigenvalue weighted by Gasteiger charge is -2.29. The van der Waals surface area contributed by atoms with Crippen molar-refractivity contribution in [3.05, 3.63) is 47.0 Å². The van der Waals surface area contributed by atoms with Crippen molar-refractivity contribution >= 4 is 33.2 Å². The zero-order valence-corrected chi connectivity index (χ0v) is 17.4. The summed E-state index contributed by atoms with van der Waals surface area (Å²) in [6.45, 7) is 1.34. The van der Waals surface area contributed by atoms with E-state index >= 15 is 0 Å². The summed E-state index contributed by atoms with van der Waals surface area (Å²) in [5.41, 5.74) is 1.12. The summed E-state index contributed by atoms with van der Waals surface area (Å²) in [5, 5.41) is 22.2. The Morgan fingerprint density at radius 3 is 2.34 bits per heavy atom. The molecule has 0 atom stereocenters. The van der Waals surface area contributed by atoms with Gasteiger partial charge in [0.15, 0.2) is 0 Å². The molecule has 0 bridgehead atoms. The third-order valence-corrected chi connectivity index (χ3v) is 6.90. The first-order chi connectivity index (χ1) is 13.7. The average molecular weight is 439 g/mol. The number of hydrogen-bond donors (Lipinski definition) is 4. The third-order valence-electron chi connectivity index (χ3n) is 5.06. The highest BCUT2D eigenvalue weighted by atomic mass is 35.5. The Hall–Kier alpha value is -2.29. The lowest BCUT2D eigenvalue weighted by Crippen LogP contribution is -2.37. The normalized spacial score (nSPS) is 19.7. The van der Waals surface area contributed by atoms with Gasteiger partial charge in [-0.2, -0.15) is 0 Å². The number of carbonyl (C=O) groups excluding carboxylic acids is 1. The molecular formula is C20H23ClN2O5S. The molecule has 0 aromatic heterocycles. The molecule has 1 amide bonds. The molecule has 1 aliphatic carbocycles. The minimum atomic E-state index is -3.75. The van der Waals surface area contributed by atoms with E-state index in [2.05, 4.69) is 10.0 Å². The molecule has 0 aliphatic heterocycles. The number of nitrogens with one attached hydrogen (secondary N) is 2. The van der Waals surface area contributed by atoms with Crippen LogP contribution in [0, 0.1) is 0 Å². The first kappa shape index (κ1) is 21.4. The van der Waals surface area contributed by atoms with Gasteiger partial charge in [0.25, 0.3) is 0 Å². The molecule has 0 heterocycles. The zero-order valence-electron chi connectivity index (χ0n) is 15.9. The van der Waals surface area contributed by atoms with Crippen molar-refractivity contribution in [3.8, 4) is 11.5 Å². The van der Waals surface area contributed by atoms with E-state index in [1.165, 1.54) is 37.3 Å². The first-order valence-corrected chi connectivity index (χ1v) is 11.1. The number of phenolic OH excluding ortho intramolecular Hbond substituents is 2. The van der Waals surface area contributed by atoms with Crippen molar-refractivity contribution in [2.45, 2.75) is 49.5 Å². The molecular weight excluding hydrogens is 416 g/mol. The van der Waals surface area contributed by atoms with Crippen LogP contribution in [0.2, 0.25) is 5.02 Å². The maximum atomic E-state index is 12.7. The average Bonchev–Trinajstić information content (AvgIpc) is 2.63. The molecule has 3 rings (SSSR count). The number of amides is 1. The van der Waals surface area contributed by atoms with E-state index in [4.69, 9.17) is 11.6 Å². The third kappa shape index (κ3) is 5.20. The summed E-state index contributed by atoms with van der Waals surface area (Å²) in [4.78, 5) is 11.2. The highest BCUT2D eigenvalue weighted by molar-refractivity contribution is 7.89. The number of aromatic hydroxyl groups is 2. The number of carbonyl (C=O) groups is 1. The van der Waals surface area contributed by atoms with Gasteiger partial charge in [-0.3, -0.25) is 4.79 Å². The number of sulfonamides is 1. The van der Waals surface area contributed by atoms with E-state index in [9.17, 15) is 23.4 Å². The fourth-order valence-electron chi connectivity index (χ4n) is 3.64. The Balaban J connectivity index is 1.65. The van der Waals surface area contributed by atoms with Crippen LogP contribution in [-0.2, 0) is 14.8 Å². The Morgan fingerprint density at radius 1 is 1.07 bits per heavy atom. The topological polar surface area (TPSA) is 116 Å². The molecule has 0 unspecified atom stereocenters. The maximum Gasteiger partial charge on any atom is 0.240 e. The second-order valence-electron chi connectivity index (χ2n) is 7.24.